The van der Waals surface area contributed by atoms with E-state index in [1.165, 1.54) is 19.2 Å². The molecule has 4 nitrogen and oxygen atoms in total. The zero-order chi connectivity index (χ0) is 13.1. The Hall–Kier alpha value is -1.62. The lowest BCUT2D eigenvalue weighted by molar-refractivity contribution is 0.0714. The molecule has 0 atom stereocenters. The summed E-state index contributed by atoms with van der Waals surface area (Å²) in [6, 6.07) is 4.44. The van der Waals surface area contributed by atoms with E-state index >= 15 is 0 Å². The standard InChI is InChI=1S/C13H17FN2O2/c1-18-12-3-2-9(8-11(12)14)13(17)16-6-4-10(15)5-7-16/h2-3,8,10H,4-7,15H2,1H3. The van der Waals surface area contributed by atoms with Crippen molar-refractivity contribution in [3.63, 3.8) is 0 Å². The van der Waals surface area contributed by atoms with Crippen LogP contribution in [0.2, 0.25) is 0 Å². The molecule has 1 heterocycles. The third-order valence-corrected chi connectivity index (χ3v) is 3.23. The van der Waals surface area contributed by atoms with E-state index in [4.69, 9.17) is 10.5 Å². The Morgan fingerprint density at radius 3 is 2.67 bits per heavy atom. The van der Waals surface area contributed by atoms with Gasteiger partial charge >= 0.3 is 0 Å². The molecule has 2 N–H and O–H groups in total. The number of nitrogens with two attached hydrogens (primary N) is 1. The first-order valence-electron chi connectivity index (χ1n) is 6.00. The van der Waals surface area contributed by atoms with E-state index in [9.17, 15) is 9.18 Å². The van der Waals surface area contributed by atoms with Gasteiger partial charge in [-0.2, -0.15) is 0 Å². The summed E-state index contributed by atoms with van der Waals surface area (Å²) in [5, 5.41) is 0. The minimum atomic E-state index is -0.517. The summed E-state index contributed by atoms with van der Waals surface area (Å²) in [5.74, 6) is -0.521. The van der Waals surface area contributed by atoms with E-state index in [1.54, 1.807) is 11.0 Å². The van der Waals surface area contributed by atoms with Crippen molar-refractivity contribution in [3.8, 4) is 5.75 Å². The average molecular weight is 252 g/mol. The Labute approximate surface area is 106 Å². The summed E-state index contributed by atoms with van der Waals surface area (Å²) >= 11 is 0. The first kappa shape index (κ1) is 12.8. The molecule has 0 saturated carbocycles. The number of carbonyl (C=O) groups is 1. The maximum Gasteiger partial charge on any atom is 0.253 e. The molecule has 5 heteroatoms. The third-order valence-electron chi connectivity index (χ3n) is 3.23. The lowest BCUT2D eigenvalue weighted by atomic mass is 10.0. The Bertz CT molecular complexity index is 443. The minimum absolute atomic E-state index is 0.146. The monoisotopic (exact) mass is 252 g/mol. The van der Waals surface area contributed by atoms with Crippen LogP contribution in [-0.2, 0) is 0 Å². The van der Waals surface area contributed by atoms with Crippen LogP contribution in [-0.4, -0.2) is 37.0 Å². The first-order valence-corrected chi connectivity index (χ1v) is 6.00. The highest BCUT2D eigenvalue weighted by Gasteiger charge is 2.22. The van der Waals surface area contributed by atoms with E-state index in [2.05, 4.69) is 0 Å². The van der Waals surface area contributed by atoms with Gasteiger partial charge in [0.1, 0.15) is 0 Å². The van der Waals surface area contributed by atoms with Crippen LogP contribution in [0.4, 0.5) is 4.39 Å². The molecule has 1 aromatic rings. The lowest BCUT2D eigenvalue weighted by Gasteiger charge is -2.30. The zero-order valence-corrected chi connectivity index (χ0v) is 10.4. The fraction of sp³-hybridized carbons (Fsp3) is 0.462. The second-order valence-corrected chi connectivity index (χ2v) is 4.48. The normalized spacial score (nSPS) is 16.7. The number of piperidine rings is 1. The van der Waals surface area contributed by atoms with Crippen LogP contribution in [0.3, 0.4) is 0 Å². The number of halogens is 1. The molecule has 1 amide bonds. The molecule has 2 rings (SSSR count). The van der Waals surface area contributed by atoms with Crippen molar-refractivity contribution in [2.75, 3.05) is 20.2 Å². The second kappa shape index (κ2) is 5.35. The van der Waals surface area contributed by atoms with Crippen molar-refractivity contribution in [2.24, 2.45) is 5.73 Å². The molecular weight excluding hydrogens is 235 g/mol. The molecule has 0 aliphatic carbocycles. The SMILES string of the molecule is COc1ccc(C(=O)N2CCC(N)CC2)cc1F. The van der Waals surface area contributed by atoms with Crippen LogP contribution in [0.1, 0.15) is 23.2 Å². The molecule has 1 aromatic carbocycles. The molecule has 1 aliphatic rings. The largest absolute Gasteiger partial charge is 0.494 e. The second-order valence-electron chi connectivity index (χ2n) is 4.48. The van der Waals surface area contributed by atoms with E-state index < -0.39 is 5.82 Å². The number of amides is 1. The molecule has 0 radical (unpaired) electrons. The smallest absolute Gasteiger partial charge is 0.253 e. The topological polar surface area (TPSA) is 55.6 Å². The number of rotatable bonds is 2. The molecule has 98 valence electrons. The van der Waals surface area contributed by atoms with Crippen LogP contribution in [0.15, 0.2) is 18.2 Å². The van der Waals surface area contributed by atoms with Gasteiger partial charge < -0.3 is 15.4 Å². The Morgan fingerprint density at radius 1 is 1.44 bits per heavy atom. The van der Waals surface area contributed by atoms with Crippen LogP contribution in [0, 0.1) is 5.82 Å². The molecule has 18 heavy (non-hydrogen) atoms. The van der Waals surface area contributed by atoms with Gasteiger partial charge in [-0.25, -0.2) is 4.39 Å². The highest BCUT2D eigenvalue weighted by Crippen LogP contribution is 2.20. The van der Waals surface area contributed by atoms with Crippen LogP contribution in [0.25, 0.3) is 0 Å². The van der Waals surface area contributed by atoms with Crippen molar-refractivity contribution in [3.05, 3.63) is 29.6 Å². The zero-order valence-electron chi connectivity index (χ0n) is 10.4. The fourth-order valence-electron chi connectivity index (χ4n) is 2.08. The van der Waals surface area contributed by atoms with E-state index in [0.29, 0.717) is 18.7 Å². The molecule has 0 aromatic heterocycles. The van der Waals surface area contributed by atoms with E-state index in [0.717, 1.165) is 12.8 Å². The number of nitrogens with zero attached hydrogens (tertiary/aromatic N) is 1. The quantitative estimate of drug-likeness (QED) is 0.865. The van der Waals surface area contributed by atoms with Crippen LogP contribution >= 0.6 is 0 Å². The van der Waals surface area contributed by atoms with Gasteiger partial charge in [-0.05, 0) is 31.0 Å². The van der Waals surface area contributed by atoms with Crippen molar-refractivity contribution in [2.45, 2.75) is 18.9 Å². The molecule has 0 spiro atoms. The molecule has 0 bridgehead atoms. The van der Waals surface area contributed by atoms with Gasteiger partial charge in [0.15, 0.2) is 11.6 Å². The summed E-state index contributed by atoms with van der Waals surface area (Å²) in [5.41, 5.74) is 6.13. The molecule has 1 saturated heterocycles. The summed E-state index contributed by atoms with van der Waals surface area (Å²) in [7, 11) is 1.39. The van der Waals surface area contributed by atoms with Crippen LogP contribution in [0.5, 0.6) is 5.75 Å². The fourth-order valence-corrected chi connectivity index (χ4v) is 2.08. The van der Waals surface area contributed by atoms with Gasteiger partial charge in [-0.15, -0.1) is 0 Å². The van der Waals surface area contributed by atoms with Crippen molar-refractivity contribution < 1.29 is 13.9 Å². The summed E-state index contributed by atoms with van der Waals surface area (Å²) < 4.78 is 18.3. The van der Waals surface area contributed by atoms with Crippen molar-refractivity contribution >= 4 is 5.91 Å². The molecule has 0 unspecified atom stereocenters. The summed E-state index contributed by atoms with van der Waals surface area (Å²) in [4.78, 5) is 13.8. The molecule has 1 fully saturated rings. The predicted molar refractivity (Wildman–Crippen MR) is 66.1 cm³/mol. The molecule has 1 aliphatic heterocycles. The van der Waals surface area contributed by atoms with E-state index in [-0.39, 0.29) is 17.7 Å². The van der Waals surface area contributed by atoms with Gasteiger partial charge in [0.2, 0.25) is 0 Å². The number of carbonyl (C=O) groups excluding carboxylic acids is 1. The van der Waals surface area contributed by atoms with Gasteiger partial charge in [0, 0.05) is 24.7 Å². The van der Waals surface area contributed by atoms with Gasteiger partial charge in [0.05, 0.1) is 7.11 Å². The van der Waals surface area contributed by atoms with Crippen molar-refractivity contribution in [1.29, 1.82) is 0 Å². The average Bonchev–Trinajstić information content (AvgIpc) is 2.38. The van der Waals surface area contributed by atoms with Gasteiger partial charge in [0.25, 0.3) is 5.91 Å². The third kappa shape index (κ3) is 2.61. The Morgan fingerprint density at radius 2 is 2.11 bits per heavy atom. The highest BCUT2D eigenvalue weighted by molar-refractivity contribution is 5.94. The lowest BCUT2D eigenvalue weighted by Crippen LogP contribution is -2.42. The first-order chi connectivity index (χ1) is 8.61. The highest BCUT2D eigenvalue weighted by atomic mass is 19.1. The van der Waals surface area contributed by atoms with Gasteiger partial charge in [-0.1, -0.05) is 0 Å². The number of hydrogen-bond acceptors (Lipinski definition) is 3. The number of ether oxygens (including phenoxy) is 1. The minimum Gasteiger partial charge on any atom is -0.494 e. The number of benzene rings is 1. The number of hydrogen-bond donors (Lipinski definition) is 1. The Balaban J connectivity index is 2.11. The van der Waals surface area contributed by atoms with E-state index in [1.807, 2.05) is 0 Å². The maximum absolute atomic E-state index is 13.5. The Kier molecular flexibility index (Phi) is 3.81. The van der Waals surface area contributed by atoms with Crippen LogP contribution < -0.4 is 10.5 Å². The number of methoxy groups -OCH3 is 1. The van der Waals surface area contributed by atoms with Crippen molar-refractivity contribution in [1.82, 2.24) is 4.90 Å². The predicted octanol–water partition coefficient (Wildman–Crippen LogP) is 1.40. The number of likely N-dealkylation sites (tertiary alicyclic amines) is 1. The maximum atomic E-state index is 13.5. The van der Waals surface area contributed by atoms with Gasteiger partial charge in [-0.3, -0.25) is 4.79 Å². The summed E-state index contributed by atoms with van der Waals surface area (Å²) in [6.07, 6.45) is 1.59. The molecular formula is C13H17FN2O2. The summed E-state index contributed by atoms with van der Waals surface area (Å²) in [6.45, 7) is 1.27.